The third-order valence-corrected chi connectivity index (χ3v) is 4.09. The predicted octanol–water partition coefficient (Wildman–Crippen LogP) is 3.71. The standard InChI is InChI=1S/C18H27NO3/c1-12(2)11-22-16-9-8-15(10-17(16)21-4)13(3)19-18(20)14-6-5-7-14/h8-10,12-14H,5-7,11H2,1-4H3,(H,19,20). The van der Waals surface area contributed by atoms with Crippen molar-refractivity contribution in [3.8, 4) is 11.5 Å². The van der Waals surface area contributed by atoms with Gasteiger partial charge in [-0.15, -0.1) is 0 Å². The van der Waals surface area contributed by atoms with E-state index in [1.54, 1.807) is 7.11 Å². The summed E-state index contributed by atoms with van der Waals surface area (Å²) in [5.74, 6) is 2.29. The van der Waals surface area contributed by atoms with E-state index in [1.165, 1.54) is 6.42 Å². The molecule has 1 aromatic rings. The number of carbonyl (C=O) groups excluding carboxylic acids is 1. The van der Waals surface area contributed by atoms with Gasteiger partial charge in [0.2, 0.25) is 5.91 Å². The SMILES string of the molecule is COc1cc(C(C)NC(=O)C2CCC2)ccc1OCC(C)C. The number of amides is 1. The van der Waals surface area contributed by atoms with Crippen molar-refractivity contribution in [3.63, 3.8) is 0 Å². The van der Waals surface area contributed by atoms with Gasteiger partial charge < -0.3 is 14.8 Å². The van der Waals surface area contributed by atoms with Gasteiger partial charge in [0.05, 0.1) is 19.8 Å². The minimum Gasteiger partial charge on any atom is -0.493 e. The monoisotopic (exact) mass is 305 g/mol. The highest BCUT2D eigenvalue weighted by Gasteiger charge is 2.26. The maximum atomic E-state index is 12.0. The summed E-state index contributed by atoms with van der Waals surface area (Å²) in [5.41, 5.74) is 1.03. The van der Waals surface area contributed by atoms with E-state index in [9.17, 15) is 4.79 Å². The Morgan fingerprint density at radius 1 is 1.27 bits per heavy atom. The highest BCUT2D eigenvalue weighted by Crippen LogP contribution is 2.31. The summed E-state index contributed by atoms with van der Waals surface area (Å²) < 4.78 is 11.2. The number of benzene rings is 1. The molecule has 4 heteroatoms. The summed E-state index contributed by atoms with van der Waals surface area (Å²) >= 11 is 0. The van der Waals surface area contributed by atoms with Crippen molar-refractivity contribution in [3.05, 3.63) is 23.8 Å². The Morgan fingerprint density at radius 3 is 2.55 bits per heavy atom. The smallest absolute Gasteiger partial charge is 0.223 e. The van der Waals surface area contributed by atoms with Crippen LogP contribution in [0.25, 0.3) is 0 Å². The van der Waals surface area contributed by atoms with Crippen LogP contribution in [0.15, 0.2) is 18.2 Å². The van der Waals surface area contributed by atoms with Crippen molar-refractivity contribution in [2.75, 3.05) is 13.7 Å². The summed E-state index contributed by atoms with van der Waals surface area (Å²) in [5, 5.41) is 3.08. The fourth-order valence-electron chi connectivity index (χ4n) is 2.41. The molecule has 1 aliphatic rings. The van der Waals surface area contributed by atoms with E-state index in [4.69, 9.17) is 9.47 Å². The molecule has 122 valence electrons. The average molecular weight is 305 g/mol. The molecule has 1 amide bonds. The second kappa shape index (κ2) is 7.52. The maximum Gasteiger partial charge on any atom is 0.223 e. The molecular formula is C18H27NO3. The maximum absolute atomic E-state index is 12.0. The molecule has 0 spiro atoms. The first-order valence-corrected chi connectivity index (χ1v) is 8.12. The summed E-state index contributed by atoms with van der Waals surface area (Å²) in [7, 11) is 1.64. The van der Waals surface area contributed by atoms with Crippen molar-refractivity contribution in [2.45, 2.75) is 46.1 Å². The molecule has 0 aromatic heterocycles. The van der Waals surface area contributed by atoms with Crippen molar-refractivity contribution in [2.24, 2.45) is 11.8 Å². The molecule has 22 heavy (non-hydrogen) atoms. The molecular weight excluding hydrogens is 278 g/mol. The molecule has 1 aliphatic carbocycles. The van der Waals surface area contributed by atoms with Gasteiger partial charge in [0, 0.05) is 5.92 Å². The molecule has 1 aromatic carbocycles. The summed E-state index contributed by atoms with van der Waals surface area (Å²) in [6.07, 6.45) is 3.20. The van der Waals surface area contributed by atoms with Gasteiger partial charge in [-0.3, -0.25) is 4.79 Å². The van der Waals surface area contributed by atoms with Crippen LogP contribution < -0.4 is 14.8 Å². The number of carbonyl (C=O) groups is 1. The first kappa shape index (κ1) is 16.7. The van der Waals surface area contributed by atoms with Crippen LogP contribution in [0.3, 0.4) is 0 Å². The van der Waals surface area contributed by atoms with E-state index in [1.807, 2.05) is 25.1 Å². The molecule has 4 nitrogen and oxygen atoms in total. The zero-order valence-electron chi connectivity index (χ0n) is 14.0. The highest BCUT2D eigenvalue weighted by molar-refractivity contribution is 5.79. The Balaban J connectivity index is 2.02. The number of ether oxygens (including phenoxy) is 2. The molecule has 0 aliphatic heterocycles. The number of hydrogen-bond donors (Lipinski definition) is 1. The van der Waals surface area contributed by atoms with Crippen LogP contribution in [0.2, 0.25) is 0 Å². The topological polar surface area (TPSA) is 47.6 Å². The van der Waals surface area contributed by atoms with Gasteiger partial charge >= 0.3 is 0 Å². The van der Waals surface area contributed by atoms with Gasteiger partial charge in [-0.05, 0) is 43.4 Å². The first-order valence-electron chi connectivity index (χ1n) is 8.12. The van der Waals surface area contributed by atoms with Crippen molar-refractivity contribution in [1.82, 2.24) is 5.32 Å². The van der Waals surface area contributed by atoms with Crippen LogP contribution >= 0.6 is 0 Å². The minimum absolute atomic E-state index is 0.0267. The fourth-order valence-corrected chi connectivity index (χ4v) is 2.41. The fraction of sp³-hybridized carbons (Fsp3) is 0.611. The molecule has 1 atom stereocenters. The lowest BCUT2D eigenvalue weighted by molar-refractivity contribution is -0.128. The Kier molecular flexibility index (Phi) is 5.69. The van der Waals surface area contributed by atoms with Gasteiger partial charge in [-0.25, -0.2) is 0 Å². The third kappa shape index (κ3) is 4.15. The van der Waals surface area contributed by atoms with Gasteiger partial charge in [0.1, 0.15) is 0 Å². The van der Waals surface area contributed by atoms with Gasteiger partial charge in [0.15, 0.2) is 11.5 Å². The molecule has 0 heterocycles. The molecule has 1 unspecified atom stereocenters. The second-order valence-corrected chi connectivity index (χ2v) is 6.47. The Hall–Kier alpha value is -1.71. The average Bonchev–Trinajstić information content (AvgIpc) is 2.42. The summed E-state index contributed by atoms with van der Waals surface area (Å²) in [6, 6.07) is 5.83. The lowest BCUT2D eigenvalue weighted by atomic mass is 9.84. The highest BCUT2D eigenvalue weighted by atomic mass is 16.5. The largest absolute Gasteiger partial charge is 0.493 e. The lowest BCUT2D eigenvalue weighted by Crippen LogP contribution is -2.35. The van der Waals surface area contributed by atoms with E-state index in [-0.39, 0.29) is 17.9 Å². The number of nitrogens with one attached hydrogen (secondary N) is 1. The van der Waals surface area contributed by atoms with Crippen molar-refractivity contribution >= 4 is 5.91 Å². The molecule has 2 rings (SSSR count). The minimum atomic E-state index is -0.0267. The van der Waals surface area contributed by atoms with E-state index >= 15 is 0 Å². The Labute approximate surface area is 133 Å². The normalized spacial score (nSPS) is 16.0. The van der Waals surface area contributed by atoms with E-state index in [2.05, 4.69) is 19.2 Å². The third-order valence-electron chi connectivity index (χ3n) is 4.09. The van der Waals surface area contributed by atoms with Crippen LogP contribution in [-0.4, -0.2) is 19.6 Å². The molecule has 1 fully saturated rings. The molecule has 0 saturated heterocycles. The van der Waals surface area contributed by atoms with Crippen molar-refractivity contribution < 1.29 is 14.3 Å². The van der Waals surface area contributed by atoms with Crippen LogP contribution in [0, 0.1) is 11.8 Å². The second-order valence-electron chi connectivity index (χ2n) is 6.47. The van der Waals surface area contributed by atoms with Crippen LogP contribution in [0.4, 0.5) is 0 Å². The summed E-state index contributed by atoms with van der Waals surface area (Å²) in [4.78, 5) is 12.0. The summed E-state index contributed by atoms with van der Waals surface area (Å²) in [6.45, 7) is 6.88. The zero-order valence-corrected chi connectivity index (χ0v) is 14.0. The number of hydrogen-bond acceptors (Lipinski definition) is 3. The van der Waals surface area contributed by atoms with Crippen molar-refractivity contribution in [1.29, 1.82) is 0 Å². The molecule has 0 radical (unpaired) electrons. The van der Waals surface area contributed by atoms with Crippen LogP contribution in [0.1, 0.15) is 51.6 Å². The Bertz CT molecular complexity index is 509. The molecule has 0 bridgehead atoms. The predicted molar refractivity (Wildman–Crippen MR) is 87.2 cm³/mol. The number of methoxy groups -OCH3 is 1. The van der Waals surface area contributed by atoms with E-state index < -0.39 is 0 Å². The van der Waals surface area contributed by atoms with Gasteiger partial charge in [-0.1, -0.05) is 26.3 Å². The van der Waals surface area contributed by atoms with Crippen LogP contribution in [-0.2, 0) is 4.79 Å². The van der Waals surface area contributed by atoms with E-state index in [0.717, 1.165) is 24.2 Å². The van der Waals surface area contributed by atoms with Crippen LogP contribution in [0.5, 0.6) is 11.5 Å². The number of rotatable bonds is 7. The van der Waals surface area contributed by atoms with E-state index in [0.29, 0.717) is 18.3 Å². The quantitative estimate of drug-likeness (QED) is 0.835. The Morgan fingerprint density at radius 2 is 2.00 bits per heavy atom. The lowest BCUT2D eigenvalue weighted by Gasteiger charge is -2.26. The van der Waals surface area contributed by atoms with Gasteiger partial charge in [0.25, 0.3) is 0 Å². The van der Waals surface area contributed by atoms with Gasteiger partial charge in [-0.2, -0.15) is 0 Å². The zero-order chi connectivity index (χ0) is 16.1. The molecule has 1 N–H and O–H groups in total. The molecule has 1 saturated carbocycles. The first-order chi connectivity index (χ1) is 10.5.